The minimum Gasteiger partial charge on any atom is -0.497 e. The Labute approximate surface area is 150 Å². The Kier molecular flexibility index (Phi) is 5.07. The number of rotatable bonds is 6. The summed E-state index contributed by atoms with van der Waals surface area (Å²) in [6.07, 6.45) is 1.56. The van der Waals surface area contributed by atoms with Crippen molar-refractivity contribution in [3.05, 3.63) is 53.7 Å². The monoisotopic (exact) mass is 353 g/mol. The summed E-state index contributed by atoms with van der Waals surface area (Å²) in [4.78, 5) is 15.4. The number of nitrogens with zero attached hydrogens (tertiary/aromatic N) is 1. The van der Waals surface area contributed by atoms with Crippen molar-refractivity contribution in [3.63, 3.8) is 0 Å². The molecule has 3 aromatic rings. The Morgan fingerprint density at radius 1 is 1.00 bits per heavy atom. The molecule has 1 amide bonds. The molecule has 0 saturated heterocycles. The maximum absolute atomic E-state index is 12.3. The second-order valence-electron chi connectivity index (χ2n) is 5.45. The van der Waals surface area contributed by atoms with Crippen molar-refractivity contribution in [1.29, 1.82) is 0 Å². The summed E-state index contributed by atoms with van der Waals surface area (Å²) in [5.74, 6) is 1.66. The number of aromatic nitrogens is 1. The molecule has 1 aromatic heterocycles. The zero-order valence-corrected chi connectivity index (χ0v) is 14.7. The standard InChI is InChI=1S/C19H19N3O4/c1-24-13-6-4-12(5-7-13)11-20-22-19(23)17-10-15-16(21-17)8-14(25-2)9-18(15)26-3/h4-11,21H,1-3H3,(H,22,23). The Balaban J connectivity index is 1.75. The number of hydrogen-bond acceptors (Lipinski definition) is 5. The smallest absolute Gasteiger partial charge is 0.287 e. The molecule has 26 heavy (non-hydrogen) atoms. The SMILES string of the molecule is COc1ccc(C=NNC(=O)c2cc3c(OC)cc(OC)cc3[nH]2)cc1. The van der Waals surface area contributed by atoms with E-state index in [9.17, 15) is 4.79 Å². The number of benzene rings is 2. The molecule has 2 N–H and O–H groups in total. The Morgan fingerprint density at radius 2 is 1.73 bits per heavy atom. The van der Waals surface area contributed by atoms with Gasteiger partial charge in [0, 0.05) is 17.5 Å². The zero-order valence-electron chi connectivity index (χ0n) is 14.7. The van der Waals surface area contributed by atoms with Gasteiger partial charge in [-0.05, 0) is 35.9 Å². The lowest BCUT2D eigenvalue weighted by Gasteiger charge is -2.04. The van der Waals surface area contributed by atoms with Crippen LogP contribution in [0.3, 0.4) is 0 Å². The van der Waals surface area contributed by atoms with Gasteiger partial charge in [0.25, 0.3) is 5.91 Å². The average Bonchev–Trinajstić information content (AvgIpc) is 3.11. The van der Waals surface area contributed by atoms with Crippen molar-refractivity contribution in [2.24, 2.45) is 5.10 Å². The van der Waals surface area contributed by atoms with Gasteiger partial charge < -0.3 is 19.2 Å². The largest absolute Gasteiger partial charge is 0.497 e. The van der Waals surface area contributed by atoms with Crippen LogP contribution in [0, 0.1) is 0 Å². The predicted octanol–water partition coefficient (Wildman–Crippen LogP) is 2.96. The van der Waals surface area contributed by atoms with E-state index >= 15 is 0 Å². The molecule has 0 atom stereocenters. The molecule has 0 aliphatic heterocycles. The molecule has 7 heteroatoms. The van der Waals surface area contributed by atoms with Crippen molar-refractivity contribution in [2.75, 3.05) is 21.3 Å². The summed E-state index contributed by atoms with van der Waals surface area (Å²) in [6, 6.07) is 12.6. The van der Waals surface area contributed by atoms with Gasteiger partial charge >= 0.3 is 0 Å². The number of fused-ring (bicyclic) bond motifs is 1. The van der Waals surface area contributed by atoms with Crippen LogP contribution in [-0.4, -0.2) is 38.4 Å². The van der Waals surface area contributed by atoms with E-state index in [2.05, 4.69) is 15.5 Å². The van der Waals surface area contributed by atoms with E-state index in [0.717, 1.165) is 22.2 Å². The van der Waals surface area contributed by atoms with Crippen molar-refractivity contribution < 1.29 is 19.0 Å². The van der Waals surface area contributed by atoms with Gasteiger partial charge in [0.05, 0.1) is 33.1 Å². The topological polar surface area (TPSA) is 84.9 Å². The van der Waals surface area contributed by atoms with Crippen LogP contribution >= 0.6 is 0 Å². The van der Waals surface area contributed by atoms with Crippen LogP contribution in [0.2, 0.25) is 0 Å². The van der Waals surface area contributed by atoms with Gasteiger partial charge in [0.2, 0.25) is 0 Å². The number of H-pyrrole nitrogens is 1. The third-order valence-electron chi connectivity index (χ3n) is 3.87. The predicted molar refractivity (Wildman–Crippen MR) is 99.5 cm³/mol. The van der Waals surface area contributed by atoms with Gasteiger partial charge in [-0.2, -0.15) is 5.10 Å². The van der Waals surface area contributed by atoms with Gasteiger partial charge in [-0.25, -0.2) is 5.43 Å². The maximum Gasteiger partial charge on any atom is 0.287 e. The van der Waals surface area contributed by atoms with Crippen LogP contribution in [0.1, 0.15) is 16.1 Å². The minimum atomic E-state index is -0.355. The number of methoxy groups -OCH3 is 3. The fourth-order valence-corrected chi connectivity index (χ4v) is 2.50. The lowest BCUT2D eigenvalue weighted by atomic mass is 10.2. The Hall–Kier alpha value is -3.48. The van der Waals surface area contributed by atoms with Gasteiger partial charge in [-0.1, -0.05) is 0 Å². The fraction of sp³-hybridized carbons (Fsp3) is 0.158. The molecular weight excluding hydrogens is 334 g/mol. The highest BCUT2D eigenvalue weighted by atomic mass is 16.5. The molecule has 0 radical (unpaired) electrons. The number of carbonyl (C=O) groups is 1. The molecule has 0 unspecified atom stereocenters. The highest BCUT2D eigenvalue weighted by Gasteiger charge is 2.13. The van der Waals surface area contributed by atoms with Gasteiger partial charge in [-0.3, -0.25) is 4.79 Å². The van der Waals surface area contributed by atoms with Gasteiger partial charge in [0.1, 0.15) is 22.9 Å². The first kappa shape index (κ1) is 17.3. The van der Waals surface area contributed by atoms with Crippen LogP contribution in [0.4, 0.5) is 0 Å². The van der Waals surface area contributed by atoms with Crippen LogP contribution in [-0.2, 0) is 0 Å². The normalized spacial score (nSPS) is 10.9. The van der Waals surface area contributed by atoms with E-state index in [1.807, 2.05) is 24.3 Å². The van der Waals surface area contributed by atoms with Crippen LogP contribution in [0.15, 0.2) is 47.6 Å². The third kappa shape index (κ3) is 3.61. The van der Waals surface area contributed by atoms with E-state index in [-0.39, 0.29) is 5.91 Å². The summed E-state index contributed by atoms with van der Waals surface area (Å²) in [5.41, 5.74) is 4.46. The summed E-state index contributed by atoms with van der Waals surface area (Å²) < 4.78 is 15.7. The first-order valence-electron chi connectivity index (χ1n) is 7.87. The molecule has 0 aliphatic carbocycles. The highest BCUT2D eigenvalue weighted by Crippen LogP contribution is 2.31. The quantitative estimate of drug-likeness (QED) is 0.527. The lowest BCUT2D eigenvalue weighted by molar-refractivity contribution is 0.0951. The highest BCUT2D eigenvalue weighted by molar-refractivity contribution is 6.00. The van der Waals surface area contributed by atoms with Crippen molar-refractivity contribution in [1.82, 2.24) is 10.4 Å². The Morgan fingerprint density at radius 3 is 2.38 bits per heavy atom. The number of nitrogens with one attached hydrogen (secondary N) is 2. The van der Waals surface area contributed by atoms with Crippen molar-refractivity contribution in [2.45, 2.75) is 0 Å². The first-order valence-corrected chi connectivity index (χ1v) is 7.87. The number of aromatic amines is 1. The number of amides is 1. The molecule has 0 fully saturated rings. The van der Waals surface area contributed by atoms with Gasteiger partial charge in [0.15, 0.2) is 0 Å². The number of hydrogen-bond donors (Lipinski definition) is 2. The molecule has 134 valence electrons. The van der Waals surface area contributed by atoms with E-state index in [0.29, 0.717) is 17.2 Å². The fourth-order valence-electron chi connectivity index (χ4n) is 2.50. The van der Waals surface area contributed by atoms with Crippen molar-refractivity contribution >= 4 is 23.0 Å². The molecule has 0 bridgehead atoms. The van der Waals surface area contributed by atoms with Crippen LogP contribution < -0.4 is 19.6 Å². The van der Waals surface area contributed by atoms with E-state index in [4.69, 9.17) is 14.2 Å². The minimum absolute atomic E-state index is 0.355. The maximum atomic E-state index is 12.3. The molecule has 0 aliphatic rings. The summed E-state index contributed by atoms with van der Waals surface area (Å²) in [5, 5.41) is 4.77. The van der Waals surface area contributed by atoms with E-state index in [1.54, 1.807) is 45.7 Å². The number of carbonyl (C=O) groups excluding carboxylic acids is 1. The molecular formula is C19H19N3O4. The second-order valence-corrected chi connectivity index (χ2v) is 5.45. The Bertz CT molecular complexity index is 945. The molecule has 1 heterocycles. The average molecular weight is 353 g/mol. The summed E-state index contributed by atoms with van der Waals surface area (Å²) in [7, 11) is 4.75. The van der Waals surface area contributed by atoms with Gasteiger partial charge in [-0.15, -0.1) is 0 Å². The van der Waals surface area contributed by atoms with Crippen LogP contribution in [0.5, 0.6) is 17.2 Å². The first-order chi connectivity index (χ1) is 12.6. The summed E-state index contributed by atoms with van der Waals surface area (Å²) >= 11 is 0. The van der Waals surface area contributed by atoms with Crippen LogP contribution in [0.25, 0.3) is 10.9 Å². The molecule has 3 rings (SSSR count). The van der Waals surface area contributed by atoms with Crippen molar-refractivity contribution in [3.8, 4) is 17.2 Å². The number of hydrazone groups is 1. The van der Waals surface area contributed by atoms with E-state index in [1.165, 1.54) is 0 Å². The summed E-state index contributed by atoms with van der Waals surface area (Å²) in [6.45, 7) is 0. The number of ether oxygens (including phenoxy) is 3. The lowest BCUT2D eigenvalue weighted by Crippen LogP contribution is -2.17. The molecule has 0 saturated carbocycles. The molecule has 2 aromatic carbocycles. The molecule has 7 nitrogen and oxygen atoms in total. The third-order valence-corrected chi connectivity index (χ3v) is 3.87. The molecule has 0 spiro atoms. The second kappa shape index (κ2) is 7.60. The van der Waals surface area contributed by atoms with E-state index < -0.39 is 0 Å². The zero-order chi connectivity index (χ0) is 18.5.